The highest BCUT2D eigenvalue weighted by Crippen LogP contribution is 2.24. The Morgan fingerprint density at radius 1 is 1.28 bits per heavy atom. The van der Waals surface area contributed by atoms with Gasteiger partial charge >= 0.3 is 6.09 Å². The van der Waals surface area contributed by atoms with Crippen molar-refractivity contribution in [2.75, 3.05) is 18.5 Å². The zero-order valence-electron chi connectivity index (χ0n) is 13.8. The van der Waals surface area contributed by atoms with Crippen LogP contribution in [0.25, 0.3) is 0 Å². The molecule has 9 heteroatoms. The van der Waals surface area contributed by atoms with Crippen LogP contribution in [0, 0.1) is 11.6 Å². The average molecular weight is 423 g/mol. The molecule has 0 radical (unpaired) electrons. The Labute approximate surface area is 153 Å². The van der Waals surface area contributed by atoms with Crippen LogP contribution in [0.15, 0.2) is 16.6 Å². The predicted molar refractivity (Wildman–Crippen MR) is 92.2 cm³/mol. The molecule has 0 saturated carbocycles. The minimum Gasteiger partial charge on any atom is -0.450 e. The molecule has 0 spiro atoms. The molecule has 0 saturated heterocycles. The Kier molecular flexibility index (Phi) is 9.36. The quantitative estimate of drug-likeness (QED) is 0.532. The van der Waals surface area contributed by atoms with Crippen molar-refractivity contribution >= 4 is 33.6 Å². The van der Waals surface area contributed by atoms with Crippen LogP contribution in [0.1, 0.15) is 32.6 Å². The first-order valence-electron chi connectivity index (χ1n) is 7.88. The summed E-state index contributed by atoms with van der Waals surface area (Å²) in [5.74, 6) is -2.71. The van der Waals surface area contributed by atoms with Gasteiger partial charge in [-0.1, -0.05) is 29.3 Å². The Morgan fingerprint density at radius 3 is 2.48 bits per heavy atom. The lowest BCUT2D eigenvalue weighted by Gasteiger charge is -2.18. The fourth-order valence-corrected chi connectivity index (χ4v) is 2.33. The standard InChI is InChI=1S/C16H21BrF2N2O4/c1-2-3-7-25-16(24)20-13(5-4-6-22)15(23)21-14-11(18)8-10(17)9-12(14)19/h8-9,13,22H,2-7H2,1H3,(H,20,24)(H,21,23)/t13-/m1/s1. The van der Waals surface area contributed by atoms with E-state index in [-0.39, 0.29) is 30.5 Å². The van der Waals surface area contributed by atoms with Crippen molar-refractivity contribution in [1.29, 1.82) is 0 Å². The number of alkyl carbamates (subject to hydrolysis) is 1. The molecule has 0 aliphatic carbocycles. The fraction of sp³-hybridized carbons (Fsp3) is 0.500. The number of unbranched alkanes of at least 4 members (excludes halogenated alkanes) is 1. The predicted octanol–water partition coefficient (Wildman–Crippen LogP) is 3.33. The molecule has 0 aliphatic rings. The average Bonchev–Trinajstić information content (AvgIpc) is 2.54. The Morgan fingerprint density at radius 2 is 1.92 bits per heavy atom. The van der Waals surface area contributed by atoms with E-state index in [0.717, 1.165) is 18.6 Å². The summed E-state index contributed by atoms with van der Waals surface area (Å²) in [4.78, 5) is 24.0. The van der Waals surface area contributed by atoms with Gasteiger partial charge in [-0.05, 0) is 31.4 Å². The van der Waals surface area contributed by atoms with Crippen molar-refractivity contribution in [3.63, 3.8) is 0 Å². The van der Waals surface area contributed by atoms with Gasteiger partial charge in [0.05, 0.1) is 6.61 Å². The minimum absolute atomic E-state index is 0.0883. The normalized spacial score (nSPS) is 11.7. The van der Waals surface area contributed by atoms with Gasteiger partial charge in [0, 0.05) is 11.1 Å². The number of ether oxygens (including phenoxy) is 1. The van der Waals surface area contributed by atoms with Gasteiger partial charge in [0.15, 0.2) is 11.6 Å². The number of carbonyl (C=O) groups excluding carboxylic acids is 2. The third-order valence-electron chi connectivity index (χ3n) is 3.25. The number of hydrogen-bond donors (Lipinski definition) is 3. The van der Waals surface area contributed by atoms with Gasteiger partial charge in [-0.3, -0.25) is 4.79 Å². The highest BCUT2D eigenvalue weighted by molar-refractivity contribution is 9.10. The molecule has 1 aromatic rings. The summed E-state index contributed by atoms with van der Waals surface area (Å²) in [6.07, 6.45) is 1.02. The lowest BCUT2D eigenvalue weighted by Crippen LogP contribution is -2.44. The van der Waals surface area contributed by atoms with E-state index in [9.17, 15) is 18.4 Å². The van der Waals surface area contributed by atoms with Crippen molar-refractivity contribution < 1.29 is 28.2 Å². The summed E-state index contributed by atoms with van der Waals surface area (Å²) in [6.45, 7) is 1.93. The lowest BCUT2D eigenvalue weighted by atomic mass is 10.1. The van der Waals surface area contributed by atoms with Crippen molar-refractivity contribution in [3.05, 3.63) is 28.2 Å². The molecule has 3 N–H and O–H groups in total. The number of anilines is 1. The second kappa shape index (κ2) is 11.0. The summed E-state index contributed by atoms with van der Waals surface area (Å²) in [6, 6.07) is 0.922. The first kappa shape index (κ1) is 21.3. The first-order chi connectivity index (χ1) is 11.9. The maximum Gasteiger partial charge on any atom is 0.407 e. The molecule has 1 atom stereocenters. The largest absolute Gasteiger partial charge is 0.450 e. The van der Waals surface area contributed by atoms with Crippen molar-refractivity contribution in [2.45, 2.75) is 38.6 Å². The molecular formula is C16H21BrF2N2O4. The molecule has 0 bridgehead atoms. The molecule has 0 fully saturated rings. The van der Waals surface area contributed by atoms with Gasteiger partial charge in [0.1, 0.15) is 11.7 Å². The monoisotopic (exact) mass is 422 g/mol. The van der Waals surface area contributed by atoms with E-state index in [1.54, 1.807) is 0 Å². The first-order valence-corrected chi connectivity index (χ1v) is 8.67. The smallest absolute Gasteiger partial charge is 0.407 e. The minimum atomic E-state index is -1.09. The van der Waals surface area contributed by atoms with Gasteiger partial charge in [-0.15, -0.1) is 0 Å². The van der Waals surface area contributed by atoms with Gasteiger partial charge < -0.3 is 20.5 Å². The van der Waals surface area contributed by atoms with Crippen LogP contribution in [0.5, 0.6) is 0 Å². The second-order valence-corrected chi connectivity index (χ2v) is 6.20. The van der Waals surface area contributed by atoms with Crippen molar-refractivity contribution in [1.82, 2.24) is 5.32 Å². The van der Waals surface area contributed by atoms with Crippen LogP contribution >= 0.6 is 15.9 Å². The SMILES string of the molecule is CCCCOC(=O)N[C@H](CCCO)C(=O)Nc1c(F)cc(Br)cc1F. The number of rotatable bonds is 9. The van der Waals surface area contributed by atoms with Gasteiger partial charge in [-0.2, -0.15) is 0 Å². The molecule has 0 heterocycles. The van der Waals surface area contributed by atoms with E-state index in [0.29, 0.717) is 6.42 Å². The molecule has 0 aromatic heterocycles. The van der Waals surface area contributed by atoms with E-state index in [4.69, 9.17) is 9.84 Å². The number of nitrogens with one attached hydrogen (secondary N) is 2. The van der Waals surface area contributed by atoms with Crippen LogP contribution in [-0.4, -0.2) is 36.4 Å². The fourth-order valence-electron chi connectivity index (χ4n) is 1.93. The number of amides is 2. The number of halogens is 3. The maximum absolute atomic E-state index is 13.8. The van der Waals surface area contributed by atoms with Crippen molar-refractivity contribution in [3.8, 4) is 0 Å². The van der Waals surface area contributed by atoms with Gasteiger partial charge in [0.2, 0.25) is 5.91 Å². The topological polar surface area (TPSA) is 87.7 Å². The van der Waals surface area contributed by atoms with E-state index in [1.807, 2.05) is 6.92 Å². The van der Waals surface area contributed by atoms with Crippen LogP contribution in [0.2, 0.25) is 0 Å². The molecule has 2 amide bonds. The molecule has 1 rings (SSSR count). The third-order valence-corrected chi connectivity index (χ3v) is 3.70. The second-order valence-electron chi connectivity index (χ2n) is 5.29. The molecule has 1 aromatic carbocycles. The summed E-state index contributed by atoms with van der Waals surface area (Å²) < 4.78 is 32.7. The summed E-state index contributed by atoms with van der Waals surface area (Å²) >= 11 is 2.95. The number of hydrogen-bond acceptors (Lipinski definition) is 4. The number of aliphatic hydroxyl groups excluding tert-OH is 1. The Balaban J connectivity index is 2.78. The van der Waals surface area contributed by atoms with Crippen LogP contribution in [0.4, 0.5) is 19.3 Å². The highest BCUT2D eigenvalue weighted by atomic mass is 79.9. The summed E-state index contributed by atoms with van der Waals surface area (Å²) in [5, 5.41) is 13.4. The van der Waals surface area contributed by atoms with Gasteiger partial charge in [-0.25, -0.2) is 13.6 Å². The van der Waals surface area contributed by atoms with Crippen LogP contribution < -0.4 is 10.6 Å². The van der Waals surface area contributed by atoms with Crippen LogP contribution in [-0.2, 0) is 9.53 Å². The Bertz CT molecular complexity index is 578. The van der Waals surface area contributed by atoms with E-state index < -0.39 is 35.4 Å². The molecule has 0 unspecified atom stereocenters. The zero-order chi connectivity index (χ0) is 18.8. The zero-order valence-corrected chi connectivity index (χ0v) is 15.4. The van der Waals surface area contributed by atoms with Crippen LogP contribution in [0.3, 0.4) is 0 Å². The molecule has 0 aliphatic heterocycles. The summed E-state index contributed by atoms with van der Waals surface area (Å²) in [5.41, 5.74) is -0.608. The van der Waals surface area contributed by atoms with Crippen molar-refractivity contribution in [2.24, 2.45) is 0 Å². The third kappa shape index (κ3) is 7.35. The molecular weight excluding hydrogens is 402 g/mol. The van der Waals surface area contributed by atoms with E-state index in [2.05, 4.69) is 26.6 Å². The number of benzene rings is 1. The lowest BCUT2D eigenvalue weighted by molar-refractivity contribution is -0.118. The Hall–Kier alpha value is -1.74. The summed E-state index contributed by atoms with van der Waals surface area (Å²) in [7, 11) is 0. The molecule has 25 heavy (non-hydrogen) atoms. The number of aliphatic hydroxyl groups is 1. The van der Waals surface area contributed by atoms with E-state index in [1.165, 1.54) is 0 Å². The number of carbonyl (C=O) groups is 2. The van der Waals surface area contributed by atoms with E-state index >= 15 is 0 Å². The molecule has 6 nitrogen and oxygen atoms in total. The van der Waals surface area contributed by atoms with Gasteiger partial charge in [0.25, 0.3) is 0 Å². The highest BCUT2D eigenvalue weighted by Gasteiger charge is 2.23. The maximum atomic E-state index is 13.8. The molecule has 140 valence electrons.